The molecule has 2 aromatic heterocycles. The van der Waals surface area contributed by atoms with Gasteiger partial charge in [0.2, 0.25) is 5.88 Å². The van der Waals surface area contributed by atoms with Gasteiger partial charge in [0.05, 0.1) is 18.6 Å². The SMILES string of the molecule is CC(C)(C)OC(=O)N1CCC(Oc2ncnc3c2NCN3c2ccc(S(C)(=O)=O)nc2)CC1. The van der Waals surface area contributed by atoms with E-state index in [1.54, 1.807) is 11.0 Å². The maximum absolute atomic E-state index is 12.3. The van der Waals surface area contributed by atoms with Crippen LogP contribution in [0.1, 0.15) is 33.6 Å². The Morgan fingerprint density at radius 2 is 1.88 bits per heavy atom. The molecule has 2 aliphatic heterocycles. The van der Waals surface area contributed by atoms with Crippen LogP contribution in [-0.4, -0.2) is 72.1 Å². The largest absolute Gasteiger partial charge is 0.473 e. The molecule has 1 amide bonds. The summed E-state index contributed by atoms with van der Waals surface area (Å²) in [5.41, 5.74) is 0.840. The van der Waals surface area contributed by atoms with Crippen LogP contribution in [0, 0.1) is 0 Å². The third-order valence-corrected chi connectivity index (χ3v) is 6.25. The van der Waals surface area contributed by atoms with Gasteiger partial charge in [-0.25, -0.2) is 23.2 Å². The van der Waals surface area contributed by atoms with Gasteiger partial charge >= 0.3 is 6.09 Å². The van der Waals surface area contributed by atoms with Crippen molar-refractivity contribution < 1.29 is 22.7 Å². The highest BCUT2D eigenvalue weighted by Crippen LogP contribution is 2.40. The standard InChI is InChI=1S/C21H28N6O5S/c1-21(2,3)32-20(28)26-9-7-15(8-10-26)31-19-17-18(23-12-24-19)27(13-25-17)14-5-6-16(22-11-14)33(4,29)30/h5-6,11-12,15,25H,7-10,13H2,1-4H3. The molecule has 0 aliphatic carbocycles. The minimum Gasteiger partial charge on any atom is -0.473 e. The molecule has 1 saturated heterocycles. The molecule has 33 heavy (non-hydrogen) atoms. The Bertz CT molecular complexity index is 1120. The van der Waals surface area contributed by atoms with Gasteiger partial charge in [-0.1, -0.05) is 0 Å². The average molecular weight is 477 g/mol. The highest BCUT2D eigenvalue weighted by atomic mass is 32.2. The average Bonchev–Trinajstić information content (AvgIpc) is 3.18. The summed E-state index contributed by atoms with van der Waals surface area (Å²) in [6.07, 6.45) is 4.99. The Hall–Kier alpha value is -3.15. The number of hydrogen-bond acceptors (Lipinski definition) is 10. The maximum Gasteiger partial charge on any atom is 0.410 e. The molecule has 0 radical (unpaired) electrons. The Labute approximate surface area is 193 Å². The van der Waals surface area contributed by atoms with Crippen LogP contribution < -0.4 is 15.0 Å². The predicted molar refractivity (Wildman–Crippen MR) is 121 cm³/mol. The number of nitrogens with zero attached hydrogens (tertiary/aromatic N) is 5. The second-order valence-electron chi connectivity index (χ2n) is 9.05. The van der Waals surface area contributed by atoms with Crippen LogP contribution >= 0.6 is 0 Å². The molecular formula is C21H28N6O5S. The molecule has 4 rings (SSSR count). The molecule has 2 aromatic rings. The first-order chi connectivity index (χ1) is 15.5. The van der Waals surface area contributed by atoms with Crippen molar-refractivity contribution in [2.45, 2.75) is 50.3 Å². The topological polar surface area (TPSA) is 127 Å². The van der Waals surface area contributed by atoms with Crippen LogP contribution in [0.25, 0.3) is 0 Å². The van der Waals surface area contributed by atoms with E-state index in [0.29, 0.717) is 55.7 Å². The lowest BCUT2D eigenvalue weighted by molar-refractivity contribution is 0.0123. The molecule has 4 heterocycles. The number of aromatic nitrogens is 3. The third kappa shape index (κ3) is 5.27. The van der Waals surface area contributed by atoms with Gasteiger partial charge in [-0.3, -0.25) is 0 Å². The summed E-state index contributed by atoms with van der Waals surface area (Å²) in [5, 5.41) is 3.27. The van der Waals surface area contributed by atoms with Crippen molar-refractivity contribution in [3.8, 4) is 5.88 Å². The lowest BCUT2D eigenvalue weighted by Gasteiger charge is -2.33. The third-order valence-electron chi connectivity index (χ3n) is 5.25. The molecule has 178 valence electrons. The number of fused-ring (bicyclic) bond motifs is 1. The number of nitrogens with one attached hydrogen (secondary N) is 1. The molecule has 0 spiro atoms. The van der Waals surface area contributed by atoms with E-state index in [-0.39, 0.29) is 17.2 Å². The van der Waals surface area contributed by atoms with Crippen LogP contribution in [0.5, 0.6) is 5.88 Å². The summed E-state index contributed by atoms with van der Waals surface area (Å²) >= 11 is 0. The molecule has 0 unspecified atom stereocenters. The van der Waals surface area contributed by atoms with E-state index in [1.165, 1.54) is 18.6 Å². The Morgan fingerprint density at radius 1 is 1.15 bits per heavy atom. The highest BCUT2D eigenvalue weighted by molar-refractivity contribution is 7.90. The van der Waals surface area contributed by atoms with Crippen LogP contribution in [-0.2, 0) is 14.6 Å². The van der Waals surface area contributed by atoms with Crippen molar-refractivity contribution >= 4 is 33.1 Å². The number of likely N-dealkylation sites (tertiary alicyclic amines) is 1. The van der Waals surface area contributed by atoms with Gasteiger partial charge in [0.25, 0.3) is 0 Å². The van der Waals surface area contributed by atoms with E-state index in [4.69, 9.17) is 9.47 Å². The molecule has 0 aromatic carbocycles. The number of piperidine rings is 1. The van der Waals surface area contributed by atoms with E-state index in [0.717, 1.165) is 6.26 Å². The van der Waals surface area contributed by atoms with Crippen molar-refractivity contribution in [2.24, 2.45) is 0 Å². The van der Waals surface area contributed by atoms with Gasteiger partial charge in [0, 0.05) is 32.2 Å². The van der Waals surface area contributed by atoms with E-state index in [2.05, 4.69) is 20.3 Å². The van der Waals surface area contributed by atoms with Gasteiger partial charge in [0.1, 0.15) is 23.7 Å². The quantitative estimate of drug-likeness (QED) is 0.703. The number of carbonyl (C=O) groups excluding carboxylic acids is 1. The summed E-state index contributed by atoms with van der Waals surface area (Å²) in [6, 6.07) is 3.16. The number of amides is 1. The van der Waals surface area contributed by atoms with Gasteiger partial charge in [-0.05, 0) is 32.9 Å². The lowest BCUT2D eigenvalue weighted by Crippen LogP contribution is -2.44. The van der Waals surface area contributed by atoms with Crippen LogP contribution in [0.3, 0.4) is 0 Å². The first-order valence-electron chi connectivity index (χ1n) is 10.7. The van der Waals surface area contributed by atoms with E-state index in [1.807, 2.05) is 25.7 Å². The monoisotopic (exact) mass is 476 g/mol. The fourth-order valence-corrected chi connectivity index (χ4v) is 4.21. The number of rotatable bonds is 4. The van der Waals surface area contributed by atoms with E-state index in [9.17, 15) is 13.2 Å². The molecule has 11 nitrogen and oxygen atoms in total. The van der Waals surface area contributed by atoms with Crippen molar-refractivity contribution in [1.82, 2.24) is 19.9 Å². The second kappa shape index (κ2) is 8.65. The van der Waals surface area contributed by atoms with E-state index < -0.39 is 15.4 Å². The fourth-order valence-electron chi connectivity index (χ4n) is 3.65. The molecule has 0 saturated carbocycles. The maximum atomic E-state index is 12.3. The number of hydrogen-bond donors (Lipinski definition) is 1. The number of ether oxygens (including phenoxy) is 2. The van der Waals surface area contributed by atoms with Gasteiger partial charge in [-0.15, -0.1) is 0 Å². The molecule has 0 atom stereocenters. The van der Waals surface area contributed by atoms with Crippen molar-refractivity contribution in [2.75, 3.05) is 36.2 Å². The van der Waals surface area contributed by atoms with Gasteiger partial charge in [-0.2, -0.15) is 4.98 Å². The molecular weight excluding hydrogens is 448 g/mol. The lowest BCUT2D eigenvalue weighted by atomic mass is 10.1. The summed E-state index contributed by atoms with van der Waals surface area (Å²) in [7, 11) is -3.37. The second-order valence-corrected chi connectivity index (χ2v) is 11.0. The van der Waals surface area contributed by atoms with Crippen LogP contribution in [0.2, 0.25) is 0 Å². The molecule has 0 bridgehead atoms. The Kier molecular flexibility index (Phi) is 6.04. The first-order valence-corrected chi connectivity index (χ1v) is 12.6. The summed E-state index contributed by atoms with van der Waals surface area (Å²) in [5.74, 6) is 1.07. The van der Waals surface area contributed by atoms with Crippen molar-refractivity contribution in [3.63, 3.8) is 0 Å². The number of anilines is 3. The van der Waals surface area contributed by atoms with Crippen LogP contribution in [0.4, 0.5) is 22.0 Å². The minimum absolute atomic E-state index is 0.0167. The fraction of sp³-hybridized carbons (Fsp3) is 0.524. The number of pyridine rings is 1. The smallest absolute Gasteiger partial charge is 0.410 e. The summed E-state index contributed by atoms with van der Waals surface area (Å²) in [6.45, 7) is 7.06. The summed E-state index contributed by atoms with van der Waals surface area (Å²) < 4.78 is 34.9. The molecule has 12 heteroatoms. The van der Waals surface area contributed by atoms with Crippen LogP contribution in [0.15, 0.2) is 29.7 Å². The Balaban J connectivity index is 1.42. The zero-order chi connectivity index (χ0) is 23.8. The summed E-state index contributed by atoms with van der Waals surface area (Å²) in [4.78, 5) is 28.6. The number of carbonyl (C=O) groups is 1. The van der Waals surface area contributed by atoms with Gasteiger partial charge in [0.15, 0.2) is 20.7 Å². The van der Waals surface area contributed by atoms with Crippen molar-refractivity contribution in [1.29, 1.82) is 0 Å². The molecule has 1 fully saturated rings. The number of sulfone groups is 1. The normalized spacial score (nSPS) is 16.8. The Morgan fingerprint density at radius 3 is 2.48 bits per heavy atom. The zero-order valence-electron chi connectivity index (χ0n) is 19.1. The molecule has 2 aliphatic rings. The van der Waals surface area contributed by atoms with Gasteiger partial charge < -0.3 is 24.6 Å². The molecule has 1 N–H and O–H groups in total. The first kappa shape index (κ1) is 23.0. The minimum atomic E-state index is -3.37. The zero-order valence-corrected chi connectivity index (χ0v) is 19.9. The van der Waals surface area contributed by atoms with E-state index >= 15 is 0 Å². The predicted octanol–water partition coefficient (Wildman–Crippen LogP) is 2.57. The van der Waals surface area contributed by atoms with Crippen molar-refractivity contribution in [3.05, 3.63) is 24.7 Å². The highest BCUT2D eigenvalue weighted by Gasteiger charge is 2.31.